The van der Waals surface area contributed by atoms with Crippen molar-refractivity contribution in [3.8, 4) is 0 Å². The van der Waals surface area contributed by atoms with Crippen LogP contribution in [0.3, 0.4) is 0 Å². The summed E-state index contributed by atoms with van der Waals surface area (Å²) in [5.41, 5.74) is 0. The van der Waals surface area contributed by atoms with Crippen molar-refractivity contribution in [2.75, 3.05) is 6.54 Å². The molecule has 0 N–H and O–H groups in total. The van der Waals surface area contributed by atoms with Crippen LogP contribution in [0.4, 0.5) is 0 Å². The number of nitrogens with zero attached hydrogens (tertiary/aromatic N) is 1. The van der Waals surface area contributed by atoms with Gasteiger partial charge in [0.25, 0.3) is 0 Å². The minimum absolute atomic E-state index is 0.685. The second kappa shape index (κ2) is 6.96. The maximum absolute atomic E-state index is 2.25. The Labute approximate surface area is 76.8 Å². The summed E-state index contributed by atoms with van der Waals surface area (Å²) in [5.74, 6) is 0.685. The third kappa shape index (κ3) is 5.00. The monoisotopic (exact) mass is 167 g/mol. The van der Waals surface area contributed by atoms with Crippen LogP contribution in [0.25, 0.3) is 0 Å². The third-order valence-electron chi connectivity index (χ3n) is 1.96. The fraction of sp³-hybridized carbons (Fsp3) is 0.636. The molecule has 0 aromatic heterocycles. The van der Waals surface area contributed by atoms with E-state index < -0.39 is 0 Å². The Hall–Kier alpha value is -0.720. The minimum atomic E-state index is 0.685. The number of hydrogen-bond acceptors (Lipinski definition) is 1. The zero-order valence-electron chi connectivity index (χ0n) is 8.75. The molecular formula is C11H21N. The van der Waals surface area contributed by atoms with Crippen molar-refractivity contribution in [2.45, 2.75) is 34.1 Å². The molecular weight excluding hydrogens is 146 g/mol. The minimum Gasteiger partial charge on any atom is -0.355 e. The topological polar surface area (TPSA) is 3.24 Å². The van der Waals surface area contributed by atoms with Crippen LogP contribution >= 0.6 is 0 Å². The second-order valence-corrected chi connectivity index (χ2v) is 3.04. The summed E-state index contributed by atoms with van der Waals surface area (Å²) >= 11 is 0. The van der Waals surface area contributed by atoms with Crippen LogP contribution in [0.15, 0.2) is 24.6 Å². The molecule has 0 bridgehead atoms. The van der Waals surface area contributed by atoms with Crippen molar-refractivity contribution in [2.24, 2.45) is 5.92 Å². The molecule has 0 saturated carbocycles. The van der Waals surface area contributed by atoms with Gasteiger partial charge in [0.1, 0.15) is 0 Å². The largest absolute Gasteiger partial charge is 0.355 e. The lowest BCUT2D eigenvalue weighted by Gasteiger charge is -2.12. The van der Waals surface area contributed by atoms with Crippen molar-refractivity contribution < 1.29 is 0 Å². The lowest BCUT2D eigenvalue weighted by Crippen LogP contribution is -2.08. The van der Waals surface area contributed by atoms with Gasteiger partial charge in [-0.25, -0.2) is 0 Å². The van der Waals surface area contributed by atoms with Crippen molar-refractivity contribution in [1.82, 2.24) is 4.90 Å². The first-order valence-electron chi connectivity index (χ1n) is 4.81. The van der Waals surface area contributed by atoms with E-state index in [1.165, 1.54) is 6.42 Å². The van der Waals surface area contributed by atoms with Gasteiger partial charge in [-0.15, -0.1) is 0 Å². The van der Waals surface area contributed by atoms with Crippen LogP contribution in [-0.2, 0) is 0 Å². The first-order chi connectivity index (χ1) is 5.74. The van der Waals surface area contributed by atoms with Crippen LogP contribution < -0.4 is 0 Å². The Morgan fingerprint density at radius 3 is 2.33 bits per heavy atom. The molecule has 0 amide bonds. The summed E-state index contributed by atoms with van der Waals surface area (Å²) in [6, 6.07) is 0. The van der Waals surface area contributed by atoms with Gasteiger partial charge in [-0.2, -0.15) is 0 Å². The Balaban J connectivity index is 3.91. The van der Waals surface area contributed by atoms with Crippen molar-refractivity contribution in [3.63, 3.8) is 0 Å². The SMILES string of the molecule is C/C=C\N(/C=C/C(C)CC)CC. The highest BCUT2D eigenvalue weighted by molar-refractivity contribution is 4.91. The van der Waals surface area contributed by atoms with Gasteiger partial charge in [0.05, 0.1) is 0 Å². The molecule has 0 aliphatic carbocycles. The maximum atomic E-state index is 2.25. The van der Waals surface area contributed by atoms with Gasteiger partial charge >= 0.3 is 0 Å². The maximum Gasteiger partial charge on any atom is 0.0190 e. The molecule has 12 heavy (non-hydrogen) atoms. The van der Waals surface area contributed by atoms with Crippen LogP contribution in [-0.4, -0.2) is 11.4 Å². The van der Waals surface area contributed by atoms with E-state index in [9.17, 15) is 0 Å². The smallest absolute Gasteiger partial charge is 0.0190 e. The highest BCUT2D eigenvalue weighted by Crippen LogP contribution is 2.03. The Morgan fingerprint density at radius 1 is 1.25 bits per heavy atom. The predicted octanol–water partition coefficient (Wildman–Crippen LogP) is 3.40. The predicted molar refractivity (Wildman–Crippen MR) is 55.8 cm³/mol. The van der Waals surface area contributed by atoms with Crippen molar-refractivity contribution >= 4 is 0 Å². The van der Waals surface area contributed by atoms with E-state index in [0.29, 0.717) is 5.92 Å². The van der Waals surface area contributed by atoms with E-state index in [0.717, 1.165) is 6.54 Å². The highest BCUT2D eigenvalue weighted by Gasteiger charge is 1.92. The summed E-state index contributed by atoms with van der Waals surface area (Å²) < 4.78 is 0. The van der Waals surface area contributed by atoms with E-state index in [1.807, 2.05) is 6.92 Å². The van der Waals surface area contributed by atoms with Crippen molar-refractivity contribution in [1.29, 1.82) is 0 Å². The molecule has 0 aromatic rings. The Kier molecular flexibility index (Phi) is 6.54. The molecule has 1 nitrogen and oxygen atoms in total. The van der Waals surface area contributed by atoms with Gasteiger partial charge in [0.15, 0.2) is 0 Å². The van der Waals surface area contributed by atoms with Gasteiger partial charge < -0.3 is 4.90 Å². The molecule has 0 saturated heterocycles. The van der Waals surface area contributed by atoms with E-state index in [1.54, 1.807) is 0 Å². The molecule has 0 fully saturated rings. The second-order valence-electron chi connectivity index (χ2n) is 3.04. The van der Waals surface area contributed by atoms with Gasteiger partial charge in [-0.3, -0.25) is 0 Å². The summed E-state index contributed by atoms with van der Waals surface area (Å²) in [5, 5.41) is 0. The number of rotatable bonds is 5. The lowest BCUT2D eigenvalue weighted by molar-refractivity contribution is 0.526. The normalized spacial score (nSPS) is 14.3. The fourth-order valence-electron chi connectivity index (χ4n) is 0.846. The molecule has 0 aliphatic rings. The summed E-state index contributed by atoms with van der Waals surface area (Å²) in [6.45, 7) is 9.68. The Morgan fingerprint density at radius 2 is 1.92 bits per heavy atom. The standard InChI is InChI=1S/C11H21N/c1-5-9-12(7-3)10-8-11(4)6-2/h5,8-11H,6-7H2,1-4H3/b9-5-,10-8+. The number of allylic oxidation sites excluding steroid dienone is 2. The van der Waals surface area contributed by atoms with Crippen LogP contribution in [0.5, 0.6) is 0 Å². The fourth-order valence-corrected chi connectivity index (χ4v) is 0.846. The summed E-state index contributed by atoms with van der Waals surface area (Å²) in [7, 11) is 0. The van der Waals surface area contributed by atoms with Crippen molar-refractivity contribution in [3.05, 3.63) is 24.6 Å². The molecule has 0 aliphatic heterocycles. The van der Waals surface area contributed by atoms with E-state index >= 15 is 0 Å². The summed E-state index contributed by atoms with van der Waals surface area (Å²) in [6.07, 6.45) is 9.78. The molecule has 0 radical (unpaired) electrons. The van der Waals surface area contributed by atoms with Crippen LogP contribution in [0, 0.1) is 5.92 Å². The molecule has 1 heteroatoms. The van der Waals surface area contributed by atoms with Crippen LogP contribution in [0.2, 0.25) is 0 Å². The Bertz CT molecular complexity index is 147. The first kappa shape index (κ1) is 11.3. The number of hydrogen-bond donors (Lipinski definition) is 0. The average Bonchev–Trinajstić information content (AvgIpc) is 2.11. The third-order valence-corrected chi connectivity index (χ3v) is 1.96. The van der Waals surface area contributed by atoms with Crippen LogP contribution in [0.1, 0.15) is 34.1 Å². The van der Waals surface area contributed by atoms with E-state index in [4.69, 9.17) is 0 Å². The molecule has 1 unspecified atom stereocenters. The molecule has 0 aromatic carbocycles. The van der Waals surface area contributed by atoms with E-state index in [2.05, 4.69) is 50.2 Å². The zero-order valence-corrected chi connectivity index (χ0v) is 8.75. The molecule has 0 spiro atoms. The summed E-state index contributed by atoms with van der Waals surface area (Å²) in [4.78, 5) is 2.19. The quantitative estimate of drug-likeness (QED) is 0.606. The molecule has 0 rings (SSSR count). The molecule has 70 valence electrons. The van der Waals surface area contributed by atoms with Gasteiger partial charge in [0, 0.05) is 6.54 Å². The molecule has 1 atom stereocenters. The molecule has 0 heterocycles. The average molecular weight is 167 g/mol. The lowest BCUT2D eigenvalue weighted by atomic mass is 10.1. The van der Waals surface area contributed by atoms with Gasteiger partial charge in [-0.05, 0) is 32.2 Å². The van der Waals surface area contributed by atoms with Gasteiger partial charge in [0.2, 0.25) is 0 Å². The van der Waals surface area contributed by atoms with E-state index in [-0.39, 0.29) is 0 Å². The van der Waals surface area contributed by atoms with Gasteiger partial charge in [-0.1, -0.05) is 32.4 Å². The highest BCUT2D eigenvalue weighted by atomic mass is 15.1. The zero-order chi connectivity index (χ0) is 9.40. The first-order valence-corrected chi connectivity index (χ1v) is 4.81.